The van der Waals surface area contributed by atoms with E-state index in [0.717, 1.165) is 18.7 Å². The van der Waals surface area contributed by atoms with Gasteiger partial charge in [-0.25, -0.2) is 13.1 Å². The Kier molecular flexibility index (Phi) is 6.95. The largest absolute Gasteiger partial charge is 0.379 e. The lowest BCUT2D eigenvalue weighted by molar-refractivity contribution is 0.0390. The first-order valence-corrected chi connectivity index (χ1v) is 9.99. The van der Waals surface area contributed by atoms with Crippen LogP contribution in [0.25, 0.3) is 0 Å². The molecule has 1 aromatic rings. The second-order valence-electron chi connectivity index (χ2n) is 6.46. The number of nitrogens with one attached hydrogen (secondary N) is 2. The molecule has 1 aromatic carbocycles. The molecule has 0 aromatic heterocycles. The van der Waals surface area contributed by atoms with Gasteiger partial charge in [-0.05, 0) is 38.5 Å². The normalized spacial score (nSPS) is 16.2. The lowest BCUT2D eigenvalue weighted by Gasteiger charge is -2.26. The van der Waals surface area contributed by atoms with Crippen LogP contribution in [0.15, 0.2) is 23.1 Å². The predicted octanol–water partition coefficient (Wildman–Crippen LogP) is 0.744. The smallest absolute Gasteiger partial charge is 0.251 e. The Morgan fingerprint density at radius 2 is 1.96 bits per heavy atom. The van der Waals surface area contributed by atoms with Crippen molar-refractivity contribution in [1.82, 2.24) is 14.9 Å². The summed E-state index contributed by atoms with van der Waals surface area (Å²) in [6, 6.07) is 4.60. The molecule has 140 valence electrons. The topological polar surface area (TPSA) is 87.7 Å². The molecule has 0 radical (unpaired) electrons. The Hall–Kier alpha value is -1.48. The number of morpholine rings is 1. The van der Waals surface area contributed by atoms with Crippen molar-refractivity contribution < 1.29 is 17.9 Å². The van der Waals surface area contributed by atoms with Gasteiger partial charge in [0.15, 0.2) is 0 Å². The molecular formula is C17H27N3O4S. The molecule has 1 aliphatic rings. The standard InChI is InChI=1S/C17H27N3O4S/c1-13(2)19-17(21)16-12-15(5-4-14(16)3)25(22,23)18-6-7-20-8-10-24-11-9-20/h4-5,12-13,18H,6-11H2,1-3H3,(H,19,21). The zero-order valence-electron chi connectivity index (χ0n) is 15.0. The first-order chi connectivity index (χ1) is 11.8. The molecule has 0 atom stereocenters. The van der Waals surface area contributed by atoms with Crippen LogP contribution in [0.4, 0.5) is 0 Å². The molecule has 1 heterocycles. The zero-order valence-corrected chi connectivity index (χ0v) is 15.9. The van der Waals surface area contributed by atoms with E-state index in [2.05, 4.69) is 14.9 Å². The number of carbonyl (C=O) groups is 1. The Morgan fingerprint density at radius 3 is 2.60 bits per heavy atom. The van der Waals surface area contributed by atoms with Crippen LogP contribution in [0.5, 0.6) is 0 Å². The van der Waals surface area contributed by atoms with Crippen LogP contribution in [-0.4, -0.2) is 64.7 Å². The highest BCUT2D eigenvalue weighted by Gasteiger charge is 2.19. The van der Waals surface area contributed by atoms with Gasteiger partial charge in [-0.15, -0.1) is 0 Å². The summed E-state index contributed by atoms with van der Waals surface area (Å²) in [5, 5.41) is 2.79. The molecule has 0 spiro atoms. The maximum Gasteiger partial charge on any atom is 0.251 e. The lowest BCUT2D eigenvalue weighted by Crippen LogP contribution is -2.41. The zero-order chi connectivity index (χ0) is 18.4. The van der Waals surface area contributed by atoms with Crippen LogP contribution in [0.3, 0.4) is 0 Å². The minimum absolute atomic E-state index is 0.0150. The highest BCUT2D eigenvalue weighted by atomic mass is 32.2. The van der Waals surface area contributed by atoms with Crippen molar-refractivity contribution in [2.45, 2.75) is 31.7 Å². The van der Waals surface area contributed by atoms with Gasteiger partial charge in [-0.2, -0.15) is 0 Å². The van der Waals surface area contributed by atoms with Gasteiger partial charge in [0.25, 0.3) is 5.91 Å². The molecule has 1 fully saturated rings. The summed E-state index contributed by atoms with van der Waals surface area (Å²) in [5.41, 5.74) is 1.12. The third kappa shape index (κ3) is 5.78. The summed E-state index contributed by atoms with van der Waals surface area (Å²) in [7, 11) is -3.65. The van der Waals surface area contributed by atoms with Gasteiger partial charge >= 0.3 is 0 Å². The van der Waals surface area contributed by atoms with Crippen molar-refractivity contribution in [1.29, 1.82) is 0 Å². The minimum atomic E-state index is -3.65. The Labute approximate surface area is 149 Å². The molecule has 8 heteroatoms. The number of amides is 1. The molecular weight excluding hydrogens is 342 g/mol. The number of benzene rings is 1. The third-order valence-electron chi connectivity index (χ3n) is 4.01. The minimum Gasteiger partial charge on any atom is -0.379 e. The fraction of sp³-hybridized carbons (Fsp3) is 0.588. The average molecular weight is 369 g/mol. The molecule has 0 saturated carbocycles. The van der Waals surface area contributed by atoms with E-state index in [9.17, 15) is 13.2 Å². The van der Waals surface area contributed by atoms with E-state index in [4.69, 9.17) is 4.74 Å². The van der Waals surface area contributed by atoms with Crippen molar-refractivity contribution in [2.75, 3.05) is 39.4 Å². The van der Waals surface area contributed by atoms with Crippen molar-refractivity contribution in [3.8, 4) is 0 Å². The van der Waals surface area contributed by atoms with Crippen LogP contribution >= 0.6 is 0 Å². The first kappa shape index (κ1) is 19.8. The van der Waals surface area contributed by atoms with Gasteiger partial charge in [0.2, 0.25) is 10.0 Å². The molecule has 1 amide bonds. The number of sulfonamides is 1. The van der Waals surface area contributed by atoms with Gasteiger partial charge in [-0.3, -0.25) is 9.69 Å². The molecule has 2 N–H and O–H groups in total. The number of carbonyl (C=O) groups excluding carboxylic acids is 1. The summed E-state index contributed by atoms with van der Waals surface area (Å²) in [6.45, 7) is 9.45. The third-order valence-corrected chi connectivity index (χ3v) is 5.47. The fourth-order valence-electron chi connectivity index (χ4n) is 2.60. The number of ether oxygens (including phenoxy) is 1. The summed E-state index contributed by atoms with van der Waals surface area (Å²) in [4.78, 5) is 14.5. The number of aryl methyl sites for hydroxylation is 1. The van der Waals surface area contributed by atoms with E-state index in [-0.39, 0.29) is 16.8 Å². The summed E-state index contributed by atoms with van der Waals surface area (Å²) in [5.74, 6) is -0.266. The highest BCUT2D eigenvalue weighted by Crippen LogP contribution is 2.16. The van der Waals surface area contributed by atoms with E-state index >= 15 is 0 Å². The highest BCUT2D eigenvalue weighted by molar-refractivity contribution is 7.89. The van der Waals surface area contributed by atoms with E-state index in [0.29, 0.717) is 31.9 Å². The van der Waals surface area contributed by atoms with Gasteiger partial charge in [0.05, 0.1) is 18.1 Å². The van der Waals surface area contributed by atoms with Gasteiger partial charge in [0, 0.05) is 37.8 Å². The molecule has 0 aliphatic carbocycles. The molecule has 0 unspecified atom stereocenters. The van der Waals surface area contributed by atoms with Crippen LogP contribution in [-0.2, 0) is 14.8 Å². The van der Waals surface area contributed by atoms with E-state index in [1.807, 2.05) is 13.8 Å². The van der Waals surface area contributed by atoms with Crippen molar-refractivity contribution in [2.24, 2.45) is 0 Å². The summed E-state index contributed by atoms with van der Waals surface area (Å²) in [6.07, 6.45) is 0. The fourth-order valence-corrected chi connectivity index (χ4v) is 3.65. The summed E-state index contributed by atoms with van der Waals surface area (Å²) < 4.78 is 32.9. The van der Waals surface area contributed by atoms with Crippen LogP contribution < -0.4 is 10.0 Å². The summed E-state index contributed by atoms with van der Waals surface area (Å²) >= 11 is 0. The maximum absolute atomic E-state index is 12.5. The van der Waals surface area contributed by atoms with Crippen LogP contribution in [0.1, 0.15) is 29.8 Å². The molecule has 2 rings (SSSR count). The SMILES string of the molecule is Cc1ccc(S(=O)(=O)NCCN2CCOCC2)cc1C(=O)NC(C)C. The van der Waals surface area contributed by atoms with E-state index < -0.39 is 10.0 Å². The van der Waals surface area contributed by atoms with E-state index in [1.165, 1.54) is 12.1 Å². The number of hydrogen-bond acceptors (Lipinski definition) is 5. The first-order valence-electron chi connectivity index (χ1n) is 8.51. The Bertz CT molecular complexity index is 698. The van der Waals surface area contributed by atoms with Crippen LogP contribution in [0, 0.1) is 6.92 Å². The molecule has 0 bridgehead atoms. The molecule has 1 aliphatic heterocycles. The monoisotopic (exact) mass is 369 g/mol. The Balaban J connectivity index is 2.04. The van der Waals surface area contributed by atoms with Crippen molar-refractivity contribution >= 4 is 15.9 Å². The van der Waals surface area contributed by atoms with Gasteiger partial charge in [-0.1, -0.05) is 6.07 Å². The maximum atomic E-state index is 12.5. The second kappa shape index (κ2) is 8.75. The number of nitrogens with zero attached hydrogens (tertiary/aromatic N) is 1. The Morgan fingerprint density at radius 1 is 1.28 bits per heavy atom. The van der Waals surface area contributed by atoms with E-state index in [1.54, 1.807) is 13.0 Å². The van der Waals surface area contributed by atoms with Crippen molar-refractivity contribution in [3.05, 3.63) is 29.3 Å². The van der Waals surface area contributed by atoms with Gasteiger partial charge < -0.3 is 10.1 Å². The number of rotatable bonds is 7. The van der Waals surface area contributed by atoms with Crippen molar-refractivity contribution in [3.63, 3.8) is 0 Å². The molecule has 7 nitrogen and oxygen atoms in total. The van der Waals surface area contributed by atoms with Gasteiger partial charge in [0.1, 0.15) is 0 Å². The average Bonchev–Trinajstić information content (AvgIpc) is 2.55. The molecule has 25 heavy (non-hydrogen) atoms. The lowest BCUT2D eigenvalue weighted by atomic mass is 10.1. The number of hydrogen-bond donors (Lipinski definition) is 2. The molecule has 1 saturated heterocycles. The van der Waals surface area contributed by atoms with Crippen LogP contribution in [0.2, 0.25) is 0 Å². The predicted molar refractivity (Wildman–Crippen MR) is 96.2 cm³/mol. The quantitative estimate of drug-likeness (QED) is 0.740. The second-order valence-corrected chi connectivity index (χ2v) is 8.22.